The quantitative estimate of drug-likeness (QED) is 0.120. The monoisotopic (exact) mass is 741 g/mol. The molecule has 4 bridgehead atoms. The molecule has 0 radical (unpaired) electrons. The second-order valence-electron chi connectivity index (χ2n) is 15.8. The summed E-state index contributed by atoms with van der Waals surface area (Å²) in [5.41, 5.74) is 10.9. The third kappa shape index (κ3) is 8.59. The summed E-state index contributed by atoms with van der Waals surface area (Å²) in [5.74, 6) is 0.199. The van der Waals surface area contributed by atoms with Gasteiger partial charge in [-0.15, -0.1) is 0 Å². The molecule has 286 valence electrons. The molecule has 3 aromatic carbocycles. The lowest BCUT2D eigenvalue weighted by molar-refractivity contribution is -0.141. The minimum atomic E-state index is -0.927. The molecule has 4 saturated carbocycles. The summed E-state index contributed by atoms with van der Waals surface area (Å²) in [4.78, 5) is 42.4. The van der Waals surface area contributed by atoms with Gasteiger partial charge in [-0.1, -0.05) is 12.1 Å². The van der Waals surface area contributed by atoms with Crippen LogP contribution in [0.3, 0.4) is 0 Å². The SMILES string of the molecule is CC(=O)OCCN(CCOC(C)=O)c1ccc(-c2nc3cc(C(CC(N)=O)NCc4ccc(F)c(F)c4)ccc3n2CC23CC4CC(CC(C4)C2)C3)cc1. The van der Waals surface area contributed by atoms with Gasteiger partial charge in [0.05, 0.1) is 24.1 Å². The van der Waals surface area contributed by atoms with Gasteiger partial charge in [0.2, 0.25) is 5.91 Å². The van der Waals surface area contributed by atoms with Crippen LogP contribution in [0, 0.1) is 34.8 Å². The Balaban J connectivity index is 1.21. The number of nitrogens with zero attached hydrogens (tertiary/aromatic N) is 3. The van der Waals surface area contributed by atoms with Gasteiger partial charge in [0, 0.05) is 50.7 Å². The normalized spacial score (nSPS) is 22.0. The molecule has 3 N–H and O–H groups in total. The number of hydrogen-bond acceptors (Lipinski definition) is 8. The fourth-order valence-electron chi connectivity index (χ4n) is 9.75. The molecule has 8 rings (SSSR count). The Kier molecular flexibility index (Phi) is 11.0. The van der Waals surface area contributed by atoms with Crippen molar-refractivity contribution in [2.45, 2.75) is 77.9 Å². The number of imidazole rings is 1. The van der Waals surface area contributed by atoms with Gasteiger partial charge in [0.25, 0.3) is 0 Å². The number of aromatic nitrogens is 2. The zero-order valence-corrected chi connectivity index (χ0v) is 31.0. The number of amides is 1. The average Bonchev–Trinajstić information content (AvgIpc) is 3.46. The van der Waals surface area contributed by atoms with E-state index in [9.17, 15) is 23.2 Å². The van der Waals surface area contributed by atoms with Crippen LogP contribution >= 0.6 is 0 Å². The molecule has 1 unspecified atom stereocenters. The van der Waals surface area contributed by atoms with Crippen molar-refractivity contribution in [1.82, 2.24) is 14.9 Å². The van der Waals surface area contributed by atoms with E-state index in [4.69, 9.17) is 20.2 Å². The van der Waals surface area contributed by atoms with Crippen molar-refractivity contribution in [3.05, 3.63) is 83.4 Å². The fraction of sp³-hybridized carbons (Fsp3) is 0.476. The lowest BCUT2D eigenvalue weighted by Crippen LogP contribution is -2.47. The number of anilines is 1. The van der Waals surface area contributed by atoms with E-state index in [1.165, 1.54) is 58.4 Å². The molecule has 0 saturated heterocycles. The predicted octanol–water partition coefficient (Wildman–Crippen LogP) is 6.84. The molecular formula is C42H49F2N5O5. The number of primary amides is 1. The molecule has 12 heteroatoms. The first kappa shape index (κ1) is 37.5. The Morgan fingerprint density at radius 3 is 2.09 bits per heavy atom. The predicted molar refractivity (Wildman–Crippen MR) is 201 cm³/mol. The van der Waals surface area contributed by atoms with Crippen molar-refractivity contribution >= 4 is 34.6 Å². The van der Waals surface area contributed by atoms with Crippen LogP contribution in [0.25, 0.3) is 22.4 Å². The number of halogens is 2. The van der Waals surface area contributed by atoms with Gasteiger partial charge >= 0.3 is 11.9 Å². The van der Waals surface area contributed by atoms with E-state index < -0.39 is 23.6 Å². The number of hydrogen-bond donors (Lipinski definition) is 2. The maximum Gasteiger partial charge on any atom is 0.302 e. The highest BCUT2D eigenvalue weighted by Gasteiger charge is 2.51. The minimum Gasteiger partial charge on any atom is -0.464 e. The highest BCUT2D eigenvalue weighted by molar-refractivity contribution is 5.82. The highest BCUT2D eigenvalue weighted by atomic mass is 19.2. The first-order valence-electron chi connectivity index (χ1n) is 19.0. The van der Waals surface area contributed by atoms with E-state index in [0.717, 1.165) is 70.1 Å². The number of rotatable bonds is 16. The lowest BCUT2D eigenvalue weighted by atomic mass is 9.49. The summed E-state index contributed by atoms with van der Waals surface area (Å²) in [7, 11) is 0. The summed E-state index contributed by atoms with van der Waals surface area (Å²) in [6, 6.07) is 17.5. The highest BCUT2D eigenvalue weighted by Crippen LogP contribution is 2.61. The zero-order chi connectivity index (χ0) is 38.0. The molecule has 1 amide bonds. The van der Waals surface area contributed by atoms with Crippen molar-refractivity contribution < 1.29 is 32.6 Å². The summed E-state index contributed by atoms with van der Waals surface area (Å²) in [5, 5.41) is 3.32. The molecule has 1 atom stereocenters. The maximum absolute atomic E-state index is 14.0. The van der Waals surface area contributed by atoms with E-state index in [-0.39, 0.29) is 43.5 Å². The van der Waals surface area contributed by atoms with Crippen LogP contribution in [0.5, 0.6) is 0 Å². The Bertz CT molecular complexity index is 1960. The van der Waals surface area contributed by atoms with Crippen molar-refractivity contribution in [3.8, 4) is 11.4 Å². The van der Waals surface area contributed by atoms with Gasteiger partial charge in [0.15, 0.2) is 11.6 Å². The molecule has 0 spiro atoms. The Morgan fingerprint density at radius 2 is 1.52 bits per heavy atom. The third-order valence-electron chi connectivity index (χ3n) is 11.6. The van der Waals surface area contributed by atoms with Crippen molar-refractivity contribution in [1.29, 1.82) is 0 Å². The van der Waals surface area contributed by atoms with Gasteiger partial charge in [0.1, 0.15) is 19.0 Å². The summed E-state index contributed by atoms with van der Waals surface area (Å²) in [6.45, 7) is 5.11. The molecular weight excluding hydrogens is 692 g/mol. The maximum atomic E-state index is 14.0. The number of carbonyl (C=O) groups is 3. The number of esters is 2. The average molecular weight is 742 g/mol. The summed E-state index contributed by atoms with van der Waals surface area (Å²) < 4.78 is 40.3. The number of carbonyl (C=O) groups excluding carboxylic acids is 3. The molecule has 10 nitrogen and oxygen atoms in total. The lowest BCUT2D eigenvalue weighted by Gasteiger charge is -2.57. The van der Waals surface area contributed by atoms with Crippen LogP contribution < -0.4 is 16.0 Å². The van der Waals surface area contributed by atoms with Gasteiger partial charge in [-0.2, -0.15) is 0 Å². The van der Waals surface area contributed by atoms with Crippen LogP contribution in [-0.2, 0) is 36.9 Å². The molecule has 4 aliphatic rings. The third-order valence-corrected chi connectivity index (χ3v) is 11.6. The topological polar surface area (TPSA) is 129 Å². The number of benzene rings is 3. The smallest absolute Gasteiger partial charge is 0.302 e. The van der Waals surface area contributed by atoms with Crippen LogP contribution in [0.15, 0.2) is 60.7 Å². The Labute approximate surface area is 314 Å². The zero-order valence-electron chi connectivity index (χ0n) is 31.0. The van der Waals surface area contributed by atoms with E-state index in [0.29, 0.717) is 18.7 Å². The van der Waals surface area contributed by atoms with E-state index >= 15 is 0 Å². The Hall–Kier alpha value is -4.84. The van der Waals surface area contributed by atoms with E-state index in [1.807, 2.05) is 29.2 Å². The molecule has 4 fully saturated rings. The number of nitrogens with two attached hydrogens (primary N) is 1. The van der Waals surface area contributed by atoms with Crippen molar-refractivity contribution in [3.63, 3.8) is 0 Å². The summed E-state index contributed by atoms with van der Waals surface area (Å²) in [6.07, 6.45) is 7.79. The largest absolute Gasteiger partial charge is 0.464 e. The number of ether oxygens (including phenoxy) is 2. The molecule has 1 heterocycles. The van der Waals surface area contributed by atoms with Crippen LogP contribution in [0.2, 0.25) is 0 Å². The van der Waals surface area contributed by atoms with Crippen molar-refractivity contribution in [2.75, 3.05) is 31.2 Å². The molecule has 1 aromatic heterocycles. The van der Waals surface area contributed by atoms with Crippen LogP contribution in [0.1, 0.15) is 76.0 Å². The Morgan fingerprint density at radius 1 is 0.889 bits per heavy atom. The van der Waals surface area contributed by atoms with Crippen LogP contribution in [-0.4, -0.2) is 53.7 Å². The first-order chi connectivity index (χ1) is 25.9. The second-order valence-corrected chi connectivity index (χ2v) is 15.8. The van der Waals surface area contributed by atoms with Gasteiger partial charge in [-0.25, -0.2) is 13.8 Å². The van der Waals surface area contributed by atoms with Crippen molar-refractivity contribution in [2.24, 2.45) is 28.9 Å². The molecule has 54 heavy (non-hydrogen) atoms. The standard InChI is InChI=1S/C42H49F2N5O5/c1-26(50)53-13-11-48(12-14-54-27(2)51)34-7-4-32(5-8-34)41-47-38-19-33(37(20-40(45)52)46-24-28-3-9-35(43)36(44)18-28)6-10-39(38)49(41)25-42-21-29-15-30(22-42)17-31(16-29)23-42/h3-10,18-19,29-31,37,46H,11-17,20-25H2,1-2H3,(H2,45,52). The van der Waals surface area contributed by atoms with Gasteiger partial charge in [-0.05, 0) is 121 Å². The first-order valence-corrected chi connectivity index (χ1v) is 19.0. The second kappa shape index (κ2) is 15.9. The van der Waals surface area contributed by atoms with E-state index in [1.54, 1.807) is 0 Å². The van der Waals surface area contributed by atoms with Gasteiger partial charge < -0.3 is 30.0 Å². The molecule has 4 aliphatic carbocycles. The molecule has 4 aromatic rings. The fourth-order valence-corrected chi connectivity index (χ4v) is 9.75. The van der Waals surface area contributed by atoms with Crippen LogP contribution in [0.4, 0.5) is 14.5 Å². The summed E-state index contributed by atoms with van der Waals surface area (Å²) >= 11 is 0. The van der Waals surface area contributed by atoms with Gasteiger partial charge in [-0.3, -0.25) is 14.4 Å². The minimum absolute atomic E-state index is 0.0168. The van der Waals surface area contributed by atoms with E-state index in [2.05, 4.69) is 28.1 Å². The number of fused-ring (bicyclic) bond motifs is 1. The molecule has 0 aliphatic heterocycles. The number of nitrogens with one attached hydrogen (secondary N) is 1.